The quantitative estimate of drug-likeness (QED) is 0.455. The van der Waals surface area contributed by atoms with Crippen LogP contribution in [0.15, 0.2) is 0 Å². The number of hydrogen-bond acceptors (Lipinski definition) is 2. The van der Waals surface area contributed by atoms with E-state index in [1.165, 1.54) is 29.4 Å². The maximum atomic E-state index is 10.3. The molecule has 0 aromatic heterocycles. The molecule has 0 saturated carbocycles. The molecule has 0 fully saturated rings. The number of hydrogen-bond donors (Lipinski definition) is 0. The molecule has 0 aliphatic carbocycles. The van der Waals surface area contributed by atoms with Crippen LogP contribution in [-0.4, -0.2) is 35.4 Å². The predicted molar refractivity (Wildman–Crippen MR) is 29.7 cm³/mol. The minimum absolute atomic E-state index is 0. The Labute approximate surface area is 57.6 Å². The van der Waals surface area contributed by atoms with Crippen LogP contribution in [0.1, 0.15) is 8.35 Å². The number of esters is 1. The molecule has 42 valence electrons. The molecule has 0 spiro atoms. The first kappa shape index (κ1) is 7.26. The minimum Gasteiger partial charge on any atom is 1.00 e. The fourth-order valence-electron chi connectivity index (χ4n) is 0.171. The summed E-state index contributed by atoms with van der Waals surface area (Å²) in [6.45, 7) is 1.82. The summed E-state index contributed by atoms with van der Waals surface area (Å²) in [4.78, 5) is 10.3. The second-order valence-electron chi connectivity index (χ2n) is 1.20. The fraction of sp³-hybridized carbons (Fsp3) is 0.750. The van der Waals surface area contributed by atoms with E-state index in [1.54, 1.807) is 0 Å². The Morgan fingerprint density at radius 2 is 2.43 bits per heavy atom. The zero-order chi connectivity index (χ0) is 5.86. The van der Waals surface area contributed by atoms with Crippen molar-refractivity contribution < 1.29 is 11.0 Å². The Morgan fingerprint density at radius 3 is 2.43 bits per heavy atom. The number of carbonyl (C=O) groups is 1. The average Bonchev–Trinajstić information content (AvgIpc) is 1.65. The molecule has 7 heavy (non-hydrogen) atoms. The van der Waals surface area contributed by atoms with E-state index in [9.17, 15) is 4.79 Å². The standard InChI is InChI=1S/C4H8O2Te/c1-3(7)4(5)6-2/h3,7H,1-2H3/p+1. The normalized spacial score (nSPS) is 13.0. The van der Waals surface area contributed by atoms with Gasteiger partial charge in [0.2, 0.25) is 0 Å². The molecule has 0 aliphatic heterocycles. The molecule has 0 bridgehead atoms. The average molecular weight is 217 g/mol. The van der Waals surface area contributed by atoms with E-state index < -0.39 is 0 Å². The van der Waals surface area contributed by atoms with Crippen molar-refractivity contribution in [3.63, 3.8) is 0 Å². The molecule has 0 saturated heterocycles. The van der Waals surface area contributed by atoms with Gasteiger partial charge in [-0.3, -0.25) is 0 Å². The predicted octanol–water partition coefficient (Wildman–Crippen LogP) is -0.0189. The van der Waals surface area contributed by atoms with Gasteiger partial charge < -0.3 is 0 Å². The summed E-state index contributed by atoms with van der Waals surface area (Å²) in [5.74, 6) is -0.131. The molecule has 1 atom stereocenters. The topological polar surface area (TPSA) is 26.3 Å². The molecule has 0 heterocycles. The summed E-state index contributed by atoms with van der Waals surface area (Å²) in [5, 5.41) is 0. The Balaban J connectivity index is 0. The largest absolute Gasteiger partial charge is 1.00 e. The molecular formula is C4H9O2Te+. The summed E-state index contributed by atoms with van der Waals surface area (Å²) >= 11 is 1.47. The molecule has 0 radical (unpaired) electrons. The Morgan fingerprint density at radius 1 is 2.00 bits per heavy atom. The van der Waals surface area contributed by atoms with E-state index in [2.05, 4.69) is 4.74 Å². The smallest absolute Gasteiger partial charge is 1.00 e. The van der Waals surface area contributed by atoms with Crippen LogP contribution in [-0.2, 0) is 9.53 Å². The first-order valence-electron chi connectivity index (χ1n) is 1.94. The van der Waals surface area contributed by atoms with Crippen LogP contribution < -0.4 is 0 Å². The van der Waals surface area contributed by atoms with Crippen molar-refractivity contribution in [2.24, 2.45) is 0 Å². The second-order valence-corrected chi connectivity index (χ2v) is 3.41. The Bertz CT molecular complexity index is 74.4. The van der Waals surface area contributed by atoms with Crippen molar-refractivity contribution in [1.29, 1.82) is 0 Å². The third kappa shape index (κ3) is 2.90. The summed E-state index contributed by atoms with van der Waals surface area (Å²) in [7, 11) is 1.40. The number of rotatable bonds is 1. The van der Waals surface area contributed by atoms with Crippen LogP contribution in [0.5, 0.6) is 0 Å². The third-order valence-corrected chi connectivity index (χ3v) is 1.14. The van der Waals surface area contributed by atoms with Crippen LogP contribution >= 0.6 is 0 Å². The zero-order valence-corrected chi connectivity index (χ0v) is 6.89. The van der Waals surface area contributed by atoms with Crippen molar-refractivity contribution in [1.82, 2.24) is 0 Å². The molecule has 0 amide bonds. The van der Waals surface area contributed by atoms with Crippen LogP contribution in [0.3, 0.4) is 0 Å². The van der Waals surface area contributed by atoms with E-state index in [1.807, 2.05) is 6.92 Å². The molecular weight excluding hydrogens is 208 g/mol. The van der Waals surface area contributed by atoms with Crippen molar-refractivity contribution in [3.8, 4) is 0 Å². The van der Waals surface area contributed by atoms with Gasteiger partial charge in [-0.2, -0.15) is 0 Å². The van der Waals surface area contributed by atoms with E-state index >= 15 is 0 Å². The van der Waals surface area contributed by atoms with E-state index in [4.69, 9.17) is 0 Å². The number of ether oxygens (including phenoxy) is 1. The number of carbonyl (C=O) groups excluding carboxylic acids is 1. The van der Waals surface area contributed by atoms with E-state index in [-0.39, 0.29) is 11.4 Å². The van der Waals surface area contributed by atoms with Crippen LogP contribution in [0.25, 0.3) is 0 Å². The maximum Gasteiger partial charge on any atom is 1.00 e. The van der Waals surface area contributed by atoms with Crippen molar-refractivity contribution in [2.45, 2.75) is 10.9 Å². The maximum absolute atomic E-state index is 10.3. The van der Waals surface area contributed by atoms with Gasteiger partial charge in [0.05, 0.1) is 0 Å². The Kier molecular flexibility index (Phi) is 3.41. The fourth-order valence-corrected chi connectivity index (χ4v) is 0.471. The summed E-state index contributed by atoms with van der Waals surface area (Å²) < 4.78 is 4.44. The SMILES string of the molecule is COC(=O)C(C)[TeH].[H+]. The molecule has 2 nitrogen and oxygen atoms in total. The molecule has 0 aromatic rings. The monoisotopic (exact) mass is 219 g/mol. The Hall–Kier alpha value is 0.260. The van der Waals surface area contributed by atoms with Gasteiger partial charge >= 0.3 is 57.2 Å². The van der Waals surface area contributed by atoms with Gasteiger partial charge in [0.15, 0.2) is 0 Å². The molecule has 0 aliphatic rings. The van der Waals surface area contributed by atoms with Crippen LogP contribution in [0, 0.1) is 0 Å². The van der Waals surface area contributed by atoms with Crippen LogP contribution in [0.2, 0.25) is 3.97 Å². The van der Waals surface area contributed by atoms with E-state index in [0.717, 1.165) is 0 Å². The molecule has 0 N–H and O–H groups in total. The van der Waals surface area contributed by atoms with Gasteiger partial charge in [0, 0.05) is 0 Å². The summed E-state index contributed by atoms with van der Waals surface area (Å²) in [6, 6.07) is 0. The van der Waals surface area contributed by atoms with Crippen molar-refractivity contribution >= 4 is 28.3 Å². The van der Waals surface area contributed by atoms with Gasteiger partial charge in [-0.05, 0) is 0 Å². The van der Waals surface area contributed by atoms with E-state index in [0.29, 0.717) is 0 Å². The minimum atomic E-state index is -0.131. The molecule has 3 heteroatoms. The molecule has 1 unspecified atom stereocenters. The third-order valence-electron chi connectivity index (χ3n) is 0.542. The van der Waals surface area contributed by atoms with Gasteiger partial charge in [-0.15, -0.1) is 0 Å². The van der Waals surface area contributed by atoms with Crippen molar-refractivity contribution in [3.05, 3.63) is 0 Å². The van der Waals surface area contributed by atoms with Gasteiger partial charge in [0.1, 0.15) is 0 Å². The molecule has 0 aromatic carbocycles. The molecule has 0 rings (SSSR count). The van der Waals surface area contributed by atoms with Gasteiger partial charge in [0.25, 0.3) is 0 Å². The number of methoxy groups -OCH3 is 1. The van der Waals surface area contributed by atoms with Crippen molar-refractivity contribution in [2.75, 3.05) is 7.11 Å². The zero-order valence-electron chi connectivity index (χ0n) is 5.34. The first-order chi connectivity index (χ1) is 3.18. The second kappa shape index (κ2) is 3.29. The first-order valence-corrected chi connectivity index (χ1v) is 3.41. The van der Waals surface area contributed by atoms with Gasteiger partial charge in [-0.1, -0.05) is 0 Å². The van der Waals surface area contributed by atoms with Crippen LogP contribution in [0.4, 0.5) is 0 Å². The summed E-state index contributed by atoms with van der Waals surface area (Å²) in [6.07, 6.45) is 0. The summed E-state index contributed by atoms with van der Waals surface area (Å²) in [5.41, 5.74) is 0. The van der Waals surface area contributed by atoms with Gasteiger partial charge in [-0.25, -0.2) is 0 Å².